The summed E-state index contributed by atoms with van der Waals surface area (Å²) >= 11 is 0. The van der Waals surface area contributed by atoms with Gasteiger partial charge in [0.05, 0.1) is 18.1 Å². The average molecular weight is 306 g/mol. The zero-order valence-corrected chi connectivity index (χ0v) is 12.6. The quantitative estimate of drug-likeness (QED) is 0.720. The van der Waals surface area contributed by atoms with Crippen molar-refractivity contribution in [2.75, 3.05) is 18.8 Å². The highest BCUT2D eigenvalue weighted by atomic mass is 32.2. The summed E-state index contributed by atoms with van der Waals surface area (Å²) in [4.78, 5) is 22.6. The van der Waals surface area contributed by atoms with Gasteiger partial charge in [0.25, 0.3) is 0 Å². The topological polar surface area (TPSA) is 104 Å². The molecule has 0 aromatic rings. The lowest BCUT2D eigenvalue weighted by Gasteiger charge is -2.31. The van der Waals surface area contributed by atoms with Gasteiger partial charge < -0.3 is 10.4 Å². The fourth-order valence-electron chi connectivity index (χ4n) is 2.27. The first kappa shape index (κ1) is 16.9. The van der Waals surface area contributed by atoms with E-state index in [0.29, 0.717) is 19.4 Å². The van der Waals surface area contributed by atoms with Crippen molar-refractivity contribution in [2.45, 2.75) is 39.2 Å². The molecule has 1 fully saturated rings. The van der Waals surface area contributed by atoms with Gasteiger partial charge in [0, 0.05) is 19.1 Å². The van der Waals surface area contributed by atoms with Gasteiger partial charge in [-0.1, -0.05) is 0 Å². The predicted molar refractivity (Wildman–Crippen MR) is 73.6 cm³/mol. The zero-order valence-electron chi connectivity index (χ0n) is 11.8. The Bertz CT molecular complexity index is 462. The van der Waals surface area contributed by atoms with Gasteiger partial charge in [0.2, 0.25) is 15.9 Å². The Balaban J connectivity index is 2.59. The lowest BCUT2D eigenvalue weighted by molar-refractivity contribution is -0.137. The predicted octanol–water partition coefficient (Wildman–Crippen LogP) is 0.0275. The molecule has 0 aromatic heterocycles. The van der Waals surface area contributed by atoms with Gasteiger partial charge in [-0.3, -0.25) is 9.59 Å². The number of rotatable bonds is 6. The van der Waals surface area contributed by atoms with Crippen molar-refractivity contribution in [1.29, 1.82) is 0 Å². The Hall–Kier alpha value is -1.15. The van der Waals surface area contributed by atoms with E-state index in [1.54, 1.807) is 13.8 Å². The second-order valence-electron chi connectivity index (χ2n) is 5.11. The first-order valence-corrected chi connectivity index (χ1v) is 8.37. The van der Waals surface area contributed by atoms with Crippen LogP contribution in [0.2, 0.25) is 0 Å². The van der Waals surface area contributed by atoms with Crippen LogP contribution in [0.4, 0.5) is 0 Å². The van der Waals surface area contributed by atoms with Crippen LogP contribution < -0.4 is 5.32 Å². The number of hydrogen-bond acceptors (Lipinski definition) is 4. The molecular weight excluding hydrogens is 284 g/mol. The maximum Gasteiger partial charge on any atom is 0.305 e. The highest BCUT2D eigenvalue weighted by Crippen LogP contribution is 2.19. The molecule has 0 radical (unpaired) electrons. The van der Waals surface area contributed by atoms with Crippen molar-refractivity contribution >= 4 is 21.9 Å². The Morgan fingerprint density at radius 3 is 2.65 bits per heavy atom. The fraction of sp³-hybridized carbons (Fsp3) is 0.833. The number of nitrogens with one attached hydrogen (secondary N) is 1. The lowest BCUT2D eigenvalue weighted by Crippen LogP contribution is -2.47. The SMILES string of the molecule is CCS(=O)(=O)N1CCCC(C(=O)NC(C)CC(=O)O)C1. The first-order valence-electron chi connectivity index (χ1n) is 6.76. The molecule has 0 aliphatic carbocycles. The van der Waals surface area contributed by atoms with E-state index >= 15 is 0 Å². The van der Waals surface area contributed by atoms with Crippen LogP contribution in [0.25, 0.3) is 0 Å². The third kappa shape index (κ3) is 4.75. The van der Waals surface area contributed by atoms with Gasteiger partial charge in [-0.05, 0) is 26.7 Å². The molecule has 8 heteroatoms. The minimum Gasteiger partial charge on any atom is -0.481 e. The Morgan fingerprint density at radius 2 is 2.10 bits per heavy atom. The van der Waals surface area contributed by atoms with Crippen LogP contribution in [-0.4, -0.2) is 54.6 Å². The van der Waals surface area contributed by atoms with Gasteiger partial charge in [-0.15, -0.1) is 0 Å². The summed E-state index contributed by atoms with van der Waals surface area (Å²) in [5.74, 6) is -1.62. The number of aliphatic carboxylic acids is 1. The third-order valence-corrected chi connectivity index (χ3v) is 5.23. The summed E-state index contributed by atoms with van der Waals surface area (Å²) < 4.78 is 25.0. The van der Waals surface area contributed by atoms with Crippen molar-refractivity contribution in [1.82, 2.24) is 9.62 Å². The summed E-state index contributed by atoms with van der Waals surface area (Å²) in [5.41, 5.74) is 0. The van der Waals surface area contributed by atoms with Gasteiger partial charge in [0.1, 0.15) is 0 Å². The molecule has 1 amide bonds. The molecule has 1 saturated heterocycles. The van der Waals surface area contributed by atoms with Crippen molar-refractivity contribution in [3.63, 3.8) is 0 Å². The molecule has 2 unspecified atom stereocenters. The van der Waals surface area contributed by atoms with Crippen LogP contribution in [0.1, 0.15) is 33.1 Å². The molecule has 2 N–H and O–H groups in total. The molecule has 1 rings (SSSR count). The summed E-state index contributed by atoms with van der Waals surface area (Å²) in [6, 6.07) is -0.460. The van der Waals surface area contributed by atoms with Gasteiger partial charge in [0.15, 0.2) is 0 Å². The summed E-state index contributed by atoms with van der Waals surface area (Å²) in [6.07, 6.45) is 1.13. The largest absolute Gasteiger partial charge is 0.481 e. The molecule has 0 aromatic carbocycles. The van der Waals surface area contributed by atoms with E-state index in [9.17, 15) is 18.0 Å². The molecule has 116 valence electrons. The normalized spacial score (nSPS) is 22.2. The second-order valence-corrected chi connectivity index (χ2v) is 7.36. The number of sulfonamides is 1. The lowest BCUT2D eigenvalue weighted by atomic mass is 9.98. The van der Waals surface area contributed by atoms with Crippen LogP contribution in [0.15, 0.2) is 0 Å². The molecule has 7 nitrogen and oxygen atoms in total. The van der Waals surface area contributed by atoms with E-state index in [0.717, 1.165) is 0 Å². The van der Waals surface area contributed by atoms with E-state index < -0.39 is 28.0 Å². The van der Waals surface area contributed by atoms with Crippen molar-refractivity contribution in [2.24, 2.45) is 5.92 Å². The standard InChI is InChI=1S/C12H22N2O5S/c1-3-20(18,19)14-6-4-5-10(8-14)12(17)13-9(2)7-11(15)16/h9-10H,3-8H2,1-2H3,(H,13,17)(H,15,16). The smallest absolute Gasteiger partial charge is 0.305 e. The number of carbonyl (C=O) groups is 2. The van der Waals surface area contributed by atoms with Crippen molar-refractivity contribution in [3.05, 3.63) is 0 Å². The number of carboxylic acids is 1. The van der Waals surface area contributed by atoms with E-state index in [1.807, 2.05) is 0 Å². The number of carboxylic acid groups (broad SMARTS) is 1. The minimum atomic E-state index is -3.28. The van der Waals surface area contributed by atoms with Crippen LogP contribution in [-0.2, 0) is 19.6 Å². The Kier molecular flexibility index (Phi) is 5.94. The number of hydrogen-bond donors (Lipinski definition) is 2. The highest BCUT2D eigenvalue weighted by Gasteiger charge is 2.31. The van der Waals surface area contributed by atoms with Crippen LogP contribution in [0, 0.1) is 5.92 Å². The van der Waals surface area contributed by atoms with E-state index in [2.05, 4.69) is 5.32 Å². The minimum absolute atomic E-state index is 0.0246. The Morgan fingerprint density at radius 1 is 1.45 bits per heavy atom. The molecule has 2 atom stereocenters. The zero-order chi connectivity index (χ0) is 15.3. The number of carbonyl (C=O) groups excluding carboxylic acids is 1. The first-order chi connectivity index (χ1) is 9.26. The molecule has 0 spiro atoms. The Labute approximate surface area is 119 Å². The highest BCUT2D eigenvalue weighted by molar-refractivity contribution is 7.89. The van der Waals surface area contributed by atoms with Crippen molar-refractivity contribution in [3.8, 4) is 0 Å². The van der Waals surface area contributed by atoms with Crippen molar-refractivity contribution < 1.29 is 23.1 Å². The number of amides is 1. The van der Waals surface area contributed by atoms with Crippen LogP contribution >= 0.6 is 0 Å². The fourth-order valence-corrected chi connectivity index (χ4v) is 3.44. The van der Waals surface area contributed by atoms with Gasteiger partial charge in [-0.2, -0.15) is 0 Å². The maximum atomic E-state index is 12.0. The molecule has 20 heavy (non-hydrogen) atoms. The van der Waals surface area contributed by atoms with E-state index in [4.69, 9.17) is 5.11 Å². The summed E-state index contributed by atoms with van der Waals surface area (Å²) in [5, 5.41) is 11.3. The summed E-state index contributed by atoms with van der Waals surface area (Å²) in [7, 11) is -3.28. The molecular formula is C12H22N2O5S. The monoisotopic (exact) mass is 306 g/mol. The summed E-state index contributed by atoms with van der Waals surface area (Å²) in [6.45, 7) is 3.83. The molecule has 0 bridgehead atoms. The number of nitrogens with zero attached hydrogens (tertiary/aromatic N) is 1. The third-order valence-electron chi connectivity index (χ3n) is 3.38. The molecule has 0 saturated carbocycles. The van der Waals surface area contributed by atoms with Crippen LogP contribution in [0.3, 0.4) is 0 Å². The average Bonchev–Trinajstić information content (AvgIpc) is 2.37. The van der Waals surface area contributed by atoms with E-state index in [-0.39, 0.29) is 24.6 Å². The van der Waals surface area contributed by atoms with Crippen LogP contribution in [0.5, 0.6) is 0 Å². The molecule has 1 aliphatic rings. The number of piperidine rings is 1. The molecule has 1 aliphatic heterocycles. The second kappa shape index (κ2) is 7.03. The maximum absolute atomic E-state index is 12.0. The van der Waals surface area contributed by atoms with Gasteiger partial charge in [-0.25, -0.2) is 12.7 Å². The molecule has 1 heterocycles. The van der Waals surface area contributed by atoms with E-state index in [1.165, 1.54) is 4.31 Å². The van der Waals surface area contributed by atoms with Gasteiger partial charge >= 0.3 is 5.97 Å².